The van der Waals surface area contributed by atoms with Crippen molar-refractivity contribution in [1.29, 1.82) is 0 Å². The van der Waals surface area contributed by atoms with E-state index < -0.39 is 5.97 Å². The van der Waals surface area contributed by atoms with Crippen molar-refractivity contribution in [2.45, 2.75) is 27.1 Å². The molecule has 0 aliphatic heterocycles. The number of aromatic nitrogens is 1. The minimum Gasteiger partial charge on any atom is -0.488 e. The van der Waals surface area contributed by atoms with Crippen molar-refractivity contribution in [3.05, 3.63) is 81.7 Å². The van der Waals surface area contributed by atoms with Crippen LogP contribution in [-0.2, 0) is 18.0 Å². The average Bonchev–Trinajstić information content (AvgIpc) is 2.97. The third kappa shape index (κ3) is 4.06. The van der Waals surface area contributed by atoms with Crippen LogP contribution in [0.4, 0.5) is 0 Å². The van der Waals surface area contributed by atoms with Crippen molar-refractivity contribution < 1.29 is 18.8 Å². The van der Waals surface area contributed by atoms with E-state index in [0.29, 0.717) is 22.1 Å². The van der Waals surface area contributed by atoms with Gasteiger partial charge in [0.25, 0.3) is 0 Å². The number of para-hydroxylation sites is 1. The van der Waals surface area contributed by atoms with Gasteiger partial charge in [0, 0.05) is 10.6 Å². The van der Waals surface area contributed by atoms with Crippen molar-refractivity contribution in [2.75, 3.05) is 0 Å². The van der Waals surface area contributed by atoms with E-state index in [1.54, 1.807) is 30.3 Å². The van der Waals surface area contributed by atoms with Gasteiger partial charge in [-0.15, -0.1) is 0 Å². The molecule has 3 aromatic rings. The van der Waals surface area contributed by atoms with Gasteiger partial charge >= 0.3 is 5.97 Å². The summed E-state index contributed by atoms with van der Waals surface area (Å²) in [6.45, 7) is 4.02. The molecule has 1 heterocycles. The lowest BCUT2D eigenvalue weighted by molar-refractivity contribution is 0.0468. The van der Waals surface area contributed by atoms with Gasteiger partial charge in [-0.05, 0) is 32.0 Å². The van der Waals surface area contributed by atoms with Crippen LogP contribution in [0.5, 0.6) is 5.75 Å². The minimum atomic E-state index is -0.473. The summed E-state index contributed by atoms with van der Waals surface area (Å²) in [5, 5.41) is 4.46. The Morgan fingerprint density at radius 2 is 1.81 bits per heavy atom. The van der Waals surface area contributed by atoms with Gasteiger partial charge in [0.2, 0.25) is 0 Å². The molecule has 0 aliphatic rings. The van der Waals surface area contributed by atoms with Crippen molar-refractivity contribution >= 4 is 17.6 Å². The molecule has 2 aromatic carbocycles. The molecule has 26 heavy (non-hydrogen) atoms. The predicted octanol–water partition coefficient (Wildman–Crippen LogP) is 4.88. The number of hydrogen-bond acceptors (Lipinski definition) is 5. The highest BCUT2D eigenvalue weighted by atomic mass is 35.5. The normalized spacial score (nSPS) is 10.6. The van der Waals surface area contributed by atoms with Crippen LogP contribution in [0.15, 0.2) is 53.1 Å². The first-order valence-electron chi connectivity index (χ1n) is 8.10. The number of nitrogens with zero attached hydrogens (tertiary/aromatic N) is 1. The summed E-state index contributed by atoms with van der Waals surface area (Å²) < 4.78 is 16.3. The highest BCUT2D eigenvalue weighted by molar-refractivity contribution is 6.31. The van der Waals surface area contributed by atoms with Crippen molar-refractivity contribution in [2.24, 2.45) is 0 Å². The van der Waals surface area contributed by atoms with Crippen LogP contribution in [0.3, 0.4) is 0 Å². The summed E-state index contributed by atoms with van der Waals surface area (Å²) in [6.07, 6.45) is 0. The molecule has 0 atom stereocenters. The molecule has 134 valence electrons. The summed E-state index contributed by atoms with van der Waals surface area (Å²) in [5.74, 6) is 0.664. The first-order chi connectivity index (χ1) is 12.6. The van der Waals surface area contributed by atoms with E-state index in [1.165, 1.54) is 0 Å². The number of carbonyl (C=O) groups excluding carboxylic acids is 1. The van der Waals surface area contributed by atoms with Crippen LogP contribution in [0.2, 0.25) is 5.02 Å². The van der Waals surface area contributed by atoms with Gasteiger partial charge in [0.05, 0.1) is 11.3 Å². The second-order valence-electron chi connectivity index (χ2n) is 5.76. The largest absolute Gasteiger partial charge is 0.488 e. The van der Waals surface area contributed by atoms with Crippen molar-refractivity contribution in [1.82, 2.24) is 5.16 Å². The zero-order chi connectivity index (χ0) is 18.5. The molecular weight excluding hydrogens is 354 g/mol. The molecule has 3 rings (SSSR count). The predicted molar refractivity (Wildman–Crippen MR) is 97.3 cm³/mol. The topological polar surface area (TPSA) is 61.6 Å². The van der Waals surface area contributed by atoms with E-state index in [4.69, 9.17) is 25.6 Å². The SMILES string of the molecule is Cc1noc(C)c1COc1ccccc1C(=O)OCc1ccccc1Cl. The van der Waals surface area contributed by atoms with E-state index in [1.807, 2.05) is 32.0 Å². The monoisotopic (exact) mass is 371 g/mol. The van der Waals surface area contributed by atoms with E-state index in [2.05, 4.69) is 5.16 Å². The summed E-state index contributed by atoms with van der Waals surface area (Å²) in [7, 11) is 0. The summed E-state index contributed by atoms with van der Waals surface area (Å²) in [6, 6.07) is 14.2. The number of ether oxygens (including phenoxy) is 2. The second kappa shape index (κ2) is 8.06. The summed E-state index contributed by atoms with van der Waals surface area (Å²) in [5.41, 5.74) is 2.73. The van der Waals surface area contributed by atoms with Gasteiger partial charge in [-0.3, -0.25) is 0 Å². The molecule has 0 spiro atoms. The van der Waals surface area contributed by atoms with E-state index in [-0.39, 0.29) is 13.2 Å². The average molecular weight is 372 g/mol. The number of aryl methyl sites for hydroxylation is 2. The van der Waals surface area contributed by atoms with Gasteiger partial charge in [-0.2, -0.15) is 0 Å². The fraction of sp³-hybridized carbons (Fsp3) is 0.200. The number of benzene rings is 2. The van der Waals surface area contributed by atoms with Gasteiger partial charge in [0.15, 0.2) is 0 Å². The first kappa shape index (κ1) is 18.0. The van der Waals surface area contributed by atoms with E-state index in [9.17, 15) is 4.79 Å². The number of carbonyl (C=O) groups is 1. The fourth-order valence-electron chi connectivity index (χ4n) is 2.46. The molecule has 0 bridgehead atoms. The Labute approximate surface area is 156 Å². The molecule has 5 nitrogen and oxygen atoms in total. The Morgan fingerprint density at radius 1 is 1.08 bits per heavy atom. The lowest BCUT2D eigenvalue weighted by atomic mass is 10.2. The Kier molecular flexibility index (Phi) is 5.58. The Morgan fingerprint density at radius 3 is 2.54 bits per heavy atom. The maximum atomic E-state index is 12.5. The quantitative estimate of drug-likeness (QED) is 0.578. The molecule has 0 fully saturated rings. The third-order valence-electron chi connectivity index (χ3n) is 3.98. The highest BCUT2D eigenvalue weighted by Gasteiger charge is 2.16. The van der Waals surface area contributed by atoms with Crippen molar-refractivity contribution in [3.8, 4) is 5.75 Å². The molecule has 0 amide bonds. The van der Waals surface area contributed by atoms with Gasteiger partial charge in [-0.25, -0.2) is 4.79 Å². The molecule has 0 aliphatic carbocycles. The maximum absolute atomic E-state index is 12.5. The molecule has 0 saturated carbocycles. The molecule has 0 saturated heterocycles. The molecule has 0 N–H and O–H groups in total. The fourth-order valence-corrected chi connectivity index (χ4v) is 2.65. The first-order valence-corrected chi connectivity index (χ1v) is 8.48. The number of hydrogen-bond donors (Lipinski definition) is 0. The number of halogens is 1. The third-order valence-corrected chi connectivity index (χ3v) is 4.35. The zero-order valence-electron chi connectivity index (χ0n) is 14.5. The summed E-state index contributed by atoms with van der Waals surface area (Å²) in [4.78, 5) is 12.5. The van der Waals surface area contributed by atoms with E-state index in [0.717, 1.165) is 16.8 Å². The van der Waals surface area contributed by atoms with Crippen LogP contribution >= 0.6 is 11.6 Å². The Hall–Kier alpha value is -2.79. The zero-order valence-corrected chi connectivity index (χ0v) is 15.2. The second-order valence-corrected chi connectivity index (χ2v) is 6.16. The summed E-state index contributed by atoms with van der Waals surface area (Å²) >= 11 is 6.09. The molecule has 0 unspecified atom stereocenters. The van der Waals surface area contributed by atoms with Crippen LogP contribution in [0, 0.1) is 13.8 Å². The molecular formula is C20H18ClNO4. The van der Waals surface area contributed by atoms with Crippen LogP contribution in [0.25, 0.3) is 0 Å². The van der Waals surface area contributed by atoms with Crippen LogP contribution < -0.4 is 4.74 Å². The Bertz CT molecular complexity index is 900. The van der Waals surface area contributed by atoms with E-state index >= 15 is 0 Å². The molecule has 6 heteroatoms. The van der Waals surface area contributed by atoms with Crippen molar-refractivity contribution in [3.63, 3.8) is 0 Å². The number of rotatable bonds is 6. The van der Waals surface area contributed by atoms with Gasteiger partial charge < -0.3 is 14.0 Å². The van der Waals surface area contributed by atoms with Gasteiger partial charge in [0.1, 0.15) is 30.3 Å². The highest BCUT2D eigenvalue weighted by Crippen LogP contribution is 2.23. The van der Waals surface area contributed by atoms with Gasteiger partial charge in [-0.1, -0.05) is 47.1 Å². The standard InChI is InChI=1S/C20H18ClNO4/c1-13-17(14(2)26-22-13)12-24-19-10-6-4-8-16(19)20(23)25-11-15-7-3-5-9-18(15)21/h3-10H,11-12H2,1-2H3. The van der Waals surface area contributed by atoms with Crippen LogP contribution in [0.1, 0.15) is 32.9 Å². The Balaban J connectivity index is 1.70. The van der Waals surface area contributed by atoms with Crippen LogP contribution in [-0.4, -0.2) is 11.1 Å². The molecule has 1 aromatic heterocycles. The number of esters is 1. The smallest absolute Gasteiger partial charge is 0.342 e. The minimum absolute atomic E-state index is 0.0940. The maximum Gasteiger partial charge on any atom is 0.342 e. The molecule has 0 radical (unpaired) electrons. The lowest BCUT2D eigenvalue weighted by Crippen LogP contribution is -2.08. The lowest BCUT2D eigenvalue weighted by Gasteiger charge is -2.11.